The molecule has 1 unspecified atom stereocenters. The van der Waals surface area contributed by atoms with E-state index in [9.17, 15) is 0 Å². The Labute approximate surface area is 113 Å². The minimum absolute atomic E-state index is 0.323. The Balaban J connectivity index is 2.37. The molecule has 0 fully saturated rings. The zero-order chi connectivity index (χ0) is 12.5. The van der Waals surface area contributed by atoms with Gasteiger partial charge in [0.15, 0.2) is 0 Å². The monoisotopic (exact) mass is 299 g/mol. The van der Waals surface area contributed by atoms with Gasteiger partial charge in [-0.3, -0.25) is 0 Å². The normalized spacial score (nSPS) is 12.6. The van der Waals surface area contributed by atoms with E-state index < -0.39 is 0 Å². The molecule has 1 rings (SSSR count). The summed E-state index contributed by atoms with van der Waals surface area (Å²) in [4.78, 5) is 0. The second-order valence-electron chi connectivity index (χ2n) is 4.16. The summed E-state index contributed by atoms with van der Waals surface area (Å²) in [6, 6.07) is 8.30. The summed E-state index contributed by atoms with van der Waals surface area (Å²) in [5, 5.41) is 3.35. The highest BCUT2D eigenvalue weighted by Crippen LogP contribution is 2.12. The summed E-state index contributed by atoms with van der Waals surface area (Å²) in [5.74, 6) is 0. The lowest BCUT2D eigenvalue weighted by atomic mass is 10.2. The lowest BCUT2D eigenvalue weighted by Crippen LogP contribution is -2.28. The van der Waals surface area contributed by atoms with Crippen LogP contribution in [-0.2, 0) is 11.3 Å². The van der Waals surface area contributed by atoms with Gasteiger partial charge in [-0.05, 0) is 30.7 Å². The Kier molecular flexibility index (Phi) is 7.49. The van der Waals surface area contributed by atoms with Crippen molar-refractivity contribution in [1.82, 2.24) is 5.32 Å². The minimum Gasteiger partial charge on any atom is -0.372 e. The van der Waals surface area contributed by atoms with Crippen LogP contribution >= 0.6 is 15.9 Å². The molecule has 0 saturated heterocycles. The van der Waals surface area contributed by atoms with E-state index in [1.165, 1.54) is 5.56 Å². The molecule has 0 amide bonds. The highest BCUT2D eigenvalue weighted by Gasteiger charge is 2.07. The second-order valence-corrected chi connectivity index (χ2v) is 5.07. The Morgan fingerprint density at radius 3 is 2.53 bits per heavy atom. The van der Waals surface area contributed by atoms with Crippen LogP contribution in [0.25, 0.3) is 0 Å². The van der Waals surface area contributed by atoms with Gasteiger partial charge in [0.1, 0.15) is 0 Å². The fourth-order valence-electron chi connectivity index (χ4n) is 1.67. The molecule has 3 heteroatoms. The van der Waals surface area contributed by atoms with Crippen LogP contribution in [0.1, 0.15) is 32.3 Å². The van der Waals surface area contributed by atoms with Gasteiger partial charge in [0, 0.05) is 11.0 Å². The van der Waals surface area contributed by atoms with Crippen LogP contribution < -0.4 is 5.32 Å². The van der Waals surface area contributed by atoms with Crippen LogP contribution in [0.2, 0.25) is 0 Å². The van der Waals surface area contributed by atoms with E-state index in [0.29, 0.717) is 12.7 Å². The molecule has 96 valence electrons. The smallest absolute Gasteiger partial charge is 0.0721 e. The highest BCUT2D eigenvalue weighted by atomic mass is 79.9. The first kappa shape index (κ1) is 14.7. The number of rotatable bonds is 8. The molecule has 0 aliphatic rings. The van der Waals surface area contributed by atoms with Gasteiger partial charge in [-0.25, -0.2) is 0 Å². The lowest BCUT2D eigenvalue weighted by molar-refractivity contribution is 0.0351. The maximum absolute atomic E-state index is 5.93. The first-order valence-corrected chi connectivity index (χ1v) is 7.12. The summed E-state index contributed by atoms with van der Waals surface area (Å²) in [7, 11) is 0. The van der Waals surface area contributed by atoms with Crippen molar-refractivity contribution in [3.05, 3.63) is 34.3 Å². The van der Waals surface area contributed by atoms with Crippen LogP contribution in [0, 0.1) is 0 Å². The summed E-state index contributed by atoms with van der Waals surface area (Å²) in [6.45, 7) is 6.96. The molecule has 1 aromatic rings. The van der Waals surface area contributed by atoms with Crippen molar-refractivity contribution in [2.24, 2.45) is 0 Å². The highest BCUT2D eigenvalue weighted by molar-refractivity contribution is 9.10. The molecule has 0 saturated carbocycles. The number of halogens is 1. The van der Waals surface area contributed by atoms with Gasteiger partial charge < -0.3 is 10.1 Å². The fourth-order valence-corrected chi connectivity index (χ4v) is 1.93. The van der Waals surface area contributed by atoms with E-state index in [0.717, 1.165) is 30.4 Å². The molecule has 0 radical (unpaired) electrons. The predicted octanol–water partition coefficient (Wildman–Crippen LogP) is 3.74. The molecule has 2 nitrogen and oxygen atoms in total. The van der Waals surface area contributed by atoms with Gasteiger partial charge in [-0.15, -0.1) is 0 Å². The molecule has 0 aromatic heterocycles. The second kappa shape index (κ2) is 8.67. The molecule has 17 heavy (non-hydrogen) atoms. The van der Waals surface area contributed by atoms with E-state index in [1.54, 1.807) is 0 Å². The average Bonchev–Trinajstić information content (AvgIpc) is 2.35. The maximum Gasteiger partial charge on any atom is 0.0721 e. The van der Waals surface area contributed by atoms with Crippen molar-refractivity contribution in [2.75, 3.05) is 13.1 Å². The third-order valence-electron chi connectivity index (χ3n) is 2.63. The SMILES string of the molecule is CCCC(CNCC)OCc1ccc(Br)cc1. The first-order valence-electron chi connectivity index (χ1n) is 6.33. The maximum atomic E-state index is 5.93. The van der Waals surface area contributed by atoms with Crippen molar-refractivity contribution >= 4 is 15.9 Å². The van der Waals surface area contributed by atoms with Crippen LogP contribution in [0.15, 0.2) is 28.7 Å². The van der Waals surface area contributed by atoms with Crippen LogP contribution in [0.4, 0.5) is 0 Å². The standard InChI is InChI=1S/C14H22BrNO/c1-3-5-14(10-16-4-2)17-11-12-6-8-13(15)9-7-12/h6-9,14,16H,3-5,10-11H2,1-2H3. The van der Waals surface area contributed by atoms with Crippen LogP contribution in [0.3, 0.4) is 0 Å². The van der Waals surface area contributed by atoms with Crippen LogP contribution in [0.5, 0.6) is 0 Å². The molecule has 1 aromatic carbocycles. The number of benzene rings is 1. The molecule has 0 heterocycles. The van der Waals surface area contributed by atoms with E-state index >= 15 is 0 Å². The summed E-state index contributed by atoms with van der Waals surface area (Å²) in [5.41, 5.74) is 1.23. The summed E-state index contributed by atoms with van der Waals surface area (Å²) in [6.07, 6.45) is 2.60. The third-order valence-corrected chi connectivity index (χ3v) is 3.16. The fraction of sp³-hybridized carbons (Fsp3) is 0.571. The van der Waals surface area contributed by atoms with Crippen molar-refractivity contribution in [3.8, 4) is 0 Å². The van der Waals surface area contributed by atoms with Crippen molar-refractivity contribution < 1.29 is 4.74 Å². The lowest BCUT2D eigenvalue weighted by Gasteiger charge is -2.17. The number of nitrogens with one attached hydrogen (secondary N) is 1. The molecule has 1 N–H and O–H groups in total. The van der Waals surface area contributed by atoms with E-state index in [-0.39, 0.29) is 0 Å². The van der Waals surface area contributed by atoms with Gasteiger partial charge in [-0.2, -0.15) is 0 Å². The Morgan fingerprint density at radius 1 is 1.24 bits per heavy atom. The topological polar surface area (TPSA) is 21.3 Å². The van der Waals surface area contributed by atoms with Gasteiger partial charge in [0.05, 0.1) is 12.7 Å². The van der Waals surface area contributed by atoms with Gasteiger partial charge in [0.25, 0.3) is 0 Å². The zero-order valence-corrected chi connectivity index (χ0v) is 12.3. The average molecular weight is 300 g/mol. The number of hydrogen-bond acceptors (Lipinski definition) is 2. The Bertz CT molecular complexity index is 300. The van der Waals surface area contributed by atoms with Gasteiger partial charge >= 0.3 is 0 Å². The van der Waals surface area contributed by atoms with E-state index in [2.05, 4.69) is 59.4 Å². The molecular weight excluding hydrogens is 278 g/mol. The largest absolute Gasteiger partial charge is 0.372 e. The Hall–Kier alpha value is -0.380. The number of hydrogen-bond donors (Lipinski definition) is 1. The van der Waals surface area contributed by atoms with Gasteiger partial charge in [-0.1, -0.05) is 48.3 Å². The van der Waals surface area contributed by atoms with Crippen molar-refractivity contribution in [1.29, 1.82) is 0 Å². The zero-order valence-electron chi connectivity index (χ0n) is 10.7. The predicted molar refractivity (Wildman–Crippen MR) is 76.2 cm³/mol. The number of likely N-dealkylation sites (N-methyl/N-ethyl adjacent to an activating group) is 1. The third kappa shape index (κ3) is 6.20. The van der Waals surface area contributed by atoms with Crippen LogP contribution in [-0.4, -0.2) is 19.2 Å². The van der Waals surface area contributed by atoms with E-state index in [1.807, 2.05) is 0 Å². The molecule has 1 atom stereocenters. The first-order chi connectivity index (χ1) is 8.26. The molecular formula is C14H22BrNO. The molecule has 0 spiro atoms. The van der Waals surface area contributed by atoms with Gasteiger partial charge in [0.2, 0.25) is 0 Å². The molecule has 0 aliphatic heterocycles. The summed E-state index contributed by atoms with van der Waals surface area (Å²) < 4.78 is 7.04. The van der Waals surface area contributed by atoms with E-state index in [4.69, 9.17) is 4.74 Å². The Morgan fingerprint density at radius 2 is 1.94 bits per heavy atom. The molecule has 0 bridgehead atoms. The quantitative estimate of drug-likeness (QED) is 0.789. The van der Waals surface area contributed by atoms with Crippen molar-refractivity contribution in [2.45, 2.75) is 39.4 Å². The van der Waals surface area contributed by atoms with Crippen molar-refractivity contribution in [3.63, 3.8) is 0 Å². The summed E-state index contributed by atoms with van der Waals surface area (Å²) >= 11 is 3.43. The number of ether oxygens (including phenoxy) is 1. The molecule has 0 aliphatic carbocycles. The minimum atomic E-state index is 0.323.